The van der Waals surface area contributed by atoms with E-state index in [-0.39, 0.29) is 12.1 Å². The quantitative estimate of drug-likeness (QED) is 0.307. The number of H-pyrrole nitrogens is 1. The minimum atomic E-state index is -0.278. The van der Waals surface area contributed by atoms with Gasteiger partial charge in [-0.1, -0.05) is 55.3 Å². The molecule has 3 aromatic rings. The number of alkyl carbamates (subject to hydrolysis) is 1. The second kappa shape index (κ2) is 11.0. The van der Waals surface area contributed by atoms with Crippen LogP contribution in [0.25, 0.3) is 11.0 Å². The van der Waals surface area contributed by atoms with Gasteiger partial charge in [0.2, 0.25) is 0 Å². The molecule has 4 rings (SSSR count). The highest BCUT2D eigenvalue weighted by atomic mass is 32.2. The summed E-state index contributed by atoms with van der Waals surface area (Å²) in [6.07, 6.45) is 5.54. The standard InChI is InChI=1S/C24H29N3O2S2/c1-17-18(16-31-23-26-20-11-5-6-12-21(20)27-23)8-7-13-22(17)30-15-14-29-24(28)25-19-9-3-2-4-10-19/h5-8,11-13,19H,2-4,9-10,14-16H2,1H3,(H,25,28)(H,26,27). The molecule has 1 aliphatic rings. The number of hydrogen-bond donors (Lipinski definition) is 2. The zero-order valence-electron chi connectivity index (χ0n) is 17.9. The van der Waals surface area contributed by atoms with Crippen LogP contribution in [0.2, 0.25) is 0 Å². The van der Waals surface area contributed by atoms with Crippen molar-refractivity contribution in [2.75, 3.05) is 12.4 Å². The summed E-state index contributed by atoms with van der Waals surface area (Å²) in [7, 11) is 0. The number of para-hydroxylation sites is 2. The second-order valence-electron chi connectivity index (χ2n) is 7.85. The number of carbonyl (C=O) groups is 1. The van der Waals surface area contributed by atoms with E-state index in [1.54, 1.807) is 23.5 Å². The van der Waals surface area contributed by atoms with Crippen molar-refractivity contribution in [2.45, 2.75) is 60.9 Å². The van der Waals surface area contributed by atoms with Gasteiger partial charge in [-0.15, -0.1) is 11.8 Å². The number of benzene rings is 2. The number of hydrogen-bond acceptors (Lipinski definition) is 5. The number of thioether (sulfide) groups is 2. The molecule has 1 heterocycles. The third-order valence-corrected chi connectivity index (χ3v) is 7.68. The van der Waals surface area contributed by atoms with Crippen LogP contribution in [0, 0.1) is 6.92 Å². The van der Waals surface area contributed by atoms with Crippen LogP contribution in [0.4, 0.5) is 4.79 Å². The van der Waals surface area contributed by atoms with Crippen molar-refractivity contribution in [3.8, 4) is 0 Å². The summed E-state index contributed by atoms with van der Waals surface area (Å²) >= 11 is 3.45. The summed E-state index contributed by atoms with van der Waals surface area (Å²) in [5.41, 5.74) is 4.64. The van der Waals surface area contributed by atoms with Crippen LogP contribution >= 0.6 is 23.5 Å². The normalized spacial score (nSPS) is 14.6. The molecule has 1 saturated carbocycles. The van der Waals surface area contributed by atoms with E-state index in [1.807, 2.05) is 24.3 Å². The molecule has 31 heavy (non-hydrogen) atoms. The molecule has 0 bridgehead atoms. The first kappa shape index (κ1) is 22.1. The minimum absolute atomic E-state index is 0.278. The number of aromatic nitrogens is 2. The van der Waals surface area contributed by atoms with Gasteiger partial charge in [0.05, 0.1) is 11.0 Å². The number of nitrogens with one attached hydrogen (secondary N) is 2. The summed E-state index contributed by atoms with van der Waals surface area (Å²) in [5.74, 6) is 1.61. The lowest BCUT2D eigenvalue weighted by Crippen LogP contribution is -2.36. The lowest BCUT2D eigenvalue weighted by Gasteiger charge is -2.22. The van der Waals surface area contributed by atoms with Crippen molar-refractivity contribution in [1.29, 1.82) is 0 Å². The molecule has 1 aliphatic carbocycles. The maximum Gasteiger partial charge on any atom is 0.407 e. The maximum absolute atomic E-state index is 12.0. The van der Waals surface area contributed by atoms with E-state index < -0.39 is 0 Å². The Balaban J connectivity index is 1.24. The Kier molecular flexibility index (Phi) is 7.81. The molecule has 7 heteroatoms. The number of ether oxygens (including phenoxy) is 1. The molecule has 0 atom stereocenters. The van der Waals surface area contributed by atoms with Gasteiger partial charge < -0.3 is 15.0 Å². The first-order valence-corrected chi connectivity index (χ1v) is 12.9. The fraction of sp³-hybridized carbons (Fsp3) is 0.417. The zero-order valence-corrected chi connectivity index (χ0v) is 19.5. The van der Waals surface area contributed by atoms with Crippen LogP contribution in [0.3, 0.4) is 0 Å². The van der Waals surface area contributed by atoms with Gasteiger partial charge in [-0.05, 0) is 49.1 Å². The molecule has 0 spiro atoms. The van der Waals surface area contributed by atoms with Gasteiger partial charge in [0, 0.05) is 22.4 Å². The van der Waals surface area contributed by atoms with Crippen molar-refractivity contribution in [3.05, 3.63) is 53.6 Å². The van der Waals surface area contributed by atoms with Crippen molar-refractivity contribution in [1.82, 2.24) is 15.3 Å². The van der Waals surface area contributed by atoms with E-state index in [2.05, 4.69) is 40.4 Å². The van der Waals surface area contributed by atoms with Crippen LogP contribution < -0.4 is 5.32 Å². The number of carbonyl (C=O) groups excluding carboxylic acids is 1. The molecule has 164 valence electrons. The molecule has 0 saturated heterocycles. The maximum atomic E-state index is 12.0. The fourth-order valence-electron chi connectivity index (χ4n) is 3.86. The number of imidazole rings is 1. The summed E-state index contributed by atoms with van der Waals surface area (Å²) in [5, 5.41) is 3.94. The van der Waals surface area contributed by atoms with Crippen LogP contribution in [-0.2, 0) is 10.5 Å². The van der Waals surface area contributed by atoms with Crippen molar-refractivity contribution in [2.24, 2.45) is 0 Å². The van der Waals surface area contributed by atoms with Crippen LogP contribution in [0.5, 0.6) is 0 Å². The highest BCUT2D eigenvalue weighted by Gasteiger charge is 2.16. The summed E-state index contributed by atoms with van der Waals surface area (Å²) < 4.78 is 5.38. The van der Waals surface area contributed by atoms with Gasteiger partial charge >= 0.3 is 6.09 Å². The van der Waals surface area contributed by atoms with Gasteiger partial charge in [0.25, 0.3) is 0 Å². The van der Waals surface area contributed by atoms with Gasteiger partial charge in [-0.2, -0.15) is 0 Å². The molecular formula is C24H29N3O2S2. The first-order valence-electron chi connectivity index (χ1n) is 10.9. The Bertz CT molecular complexity index is 982. The van der Waals surface area contributed by atoms with E-state index in [9.17, 15) is 4.79 Å². The van der Waals surface area contributed by atoms with E-state index in [0.29, 0.717) is 6.61 Å². The van der Waals surface area contributed by atoms with Crippen molar-refractivity contribution >= 4 is 40.7 Å². The Morgan fingerprint density at radius 2 is 1.97 bits per heavy atom. The molecule has 0 aliphatic heterocycles. The Hall–Kier alpha value is -2.12. The molecule has 0 radical (unpaired) electrons. The topological polar surface area (TPSA) is 67.0 Å². The largest absolute Gasteiger partial charge is 0.449 e. The van der Waals surface area contributed by atoms with E-state index in [1.165, 1.54) is 35.3 Å². The van der Waals surface area contributed by atoms with Gasteiger partial charge in [0.15, 0.2) is 5.16 Å². The molecule has 0 unspecified atom stereocenters. The third kappa shape index (κ3) is 6.20. The van der Waals surface area contributed by atoms with Crippen LogP contribution in [0.1, 0.15) is 43.2 Å². The smallest absolute Gasteiger partial charge is 0.407 e. The van der Waals surface area contributed by atoms with Crippen molar-refractivity contribution in [3.63, 3.8) is 0 Å². The number of nitrogens with zero attached hydrogens (tertiary/aromatic N) is 1. The lowest BCUT2D eigenvalue weighted by atomic mass is 9.96. The molecular weight excluding hydrogens is 426 g/mol. The summed E-state index contributed by atoms with van der Waals surface area (Å²) in [6, 6.07) is 14.8. The third-order valence-electron chi connectivity index (χ3n) is 5.63. The first-order chi connectivity index (χ1) is 15.2. The Morgan fingerprint density at radius 3 is 2.81 bits per heavy atom. The van der Waals surface area contributed by atoms with E-state index in [4.69, 9.17) is 4.74 Å². The van der Waals surface area contributed by atoms with Crippen LogP contribution in [-0.4, -0.2) is 34.5 Å². The van der Waals surface area contributed by atoms with Gasteiger partial charge in [-0.3, -0.25) is 0 Å². The highest BCUT2D eigenvalue weighted by Crippen LogP contribution is 2.29. The molecule has 2 N–H and O–H groups in total. The van der Waals surface area contributed by atoms with Gasteiger partial charge in [-0.25, -0.2) is 9.78 Å². The summed E-state index contributed by atoms with van der Waals surface area (Å²) in [4.78, 5) is 21.2. The summed E-state index contributed by atoms with van der Waals surface area (Å²) in [6.45, 7) is 2.58. The van der Waals surface area contributed by atoms with Gasteiger partial charge in [0.1, 0.15) is 6.61 Å². The lowest BCUT2D eigenvalue weighted by molar-refractivity contribution is 0.146. The number of aromatic amines is 1. The molecule has 1 aromatic heterocycles. The van der Waals surface area contributed by atoms with E-state index in [0.717, 1.165) is 40.5 Å². The number of amides is 1. The Labute approximate surface area is 192 Å². The fourth-order valence-corrected chi connectivity index (χ4v) is 5.72. The molecule has 1 amide bonds. The molecule has 2 aromatic carbocycles. The van der Waals surface area contributed by atoms with Crippen LogP contribution in [0.15, 0.2) is 52.5 Å². The SMILES string of the molecule is Cc1c(CSc2nc3ccccc3[nH]2)cccc1SCCOC(=O)NC1CCCCC1. The minimum Gasteiger partial charge on any atom is -0.449 e. The van der Waals surface area contributed by atoms with Crippen molar-refractivity contribution < 1.29 is 9.53 Å². The zero-order chi connectivity index (χ0) is 21.5. The predicted octanol–water partition coefficient (Wildman–Crippen LogP) is 6.31. The molecule has 1 fully saturated rings. The predicted molar refractivity (Wildman–Crippen MR) is 129 cm³/mol. The van der Waals surface area contributed by atoms with E-state index >= 15 is 0 Å². The highest BCUT2D eigenvalue weighted by molar-refractivity contribution is 7.99. The second-order valence-corrected chi connectivity index (χ2v) is 9.95. The Morgan fingerprint density at radius 1 is 1.13 bits per heavy atom. The number of rotatable bonds is 8. The monoisotopic (exact) mass is 455 g/mol. The average molecular weight is 456 g/mol. The average Bonchev–Trinajstić information content (AvgIpc) is 3.20. The number of fused-ring (bicyclic) bond motifs is 1. The molecule has 5 nitrogen and oxygen atoms in total.